The van der Waals surface area contributed by atoms with Crippen molar-refractivity contribution in [1.82, 2.24) is 4.90 Å². The van der Waals surface area contributed by atoms with Crippen molar-refractivity contribution in [3.8, 4) is 11.5 Å². The highest BCUT2D eigenvalue weighted by Crippen LogP contribution is 2.58. The van der Waals surface area contributed by atoms with Gasteiger partial charge in [-0.25, -0.2) is 9.69 Å². The first-order valence-corrected chi connectivity index (χ1v) is 11.1. The molecule has 0 aliphatic carbocycles. The molecule has 2 aromatic rings. The van der Waals surface area contributed by atoms with Gasteiger partial charge >= 0.3 is 12.0 Å². The second-order valence-corrected chi connectivity index (χ2v) is 8.91. The van der Waals surface area contributed by atoms with Crippen molar-refractivity contribution < 1.29 is 28.6 Å². The van der Waals surface area contributed by atoms with E-state index in [2.05, 4.69) is 0 Å². The van der Waals surface area contributed by atoms with Gasteiger partial charge in [-0.3, -0.25) is 9.59 Å². The van der Waals surface area contributed by atoms with Gasteiger partial charge in [0.2, 0.25) is 0 Å². The number of amides is 3. The molecule has 0 N–H and O–H groups in total. The van der Waals surface area contributed by atoms with Crippen LogP contribution in [0.25, 0.3) is 0 Å². The van der Waals surface area contributed by atoms with Gasteiger partial charge in [0.1, 0.15) is 17.0 Å². The van der Waals surface area contributed by atoms with Gasteiger partial charge in [-0.15, -0.1) is 0 Å². The summed E-state index contributed by atoms with van der Waals surface area (Å²) in [4.78, 5) is 43.5. The molecule has 2 saturated heterocycles. The Hall–Kier alpha value is -3.26. The van der Waals surface area contributed by atoms with Crippen LogP contribution in [-0.4, -0.2) is 48.7 Å². The Morgan fingerprint density at radius 2 is 1.94 bits per heavy atom. The number of hydrogen-bond acceptors (Lipinski definition) is 6. The summed E-state index contributed by atoms with van der Waals surface area (Å²) in [6.45, 7) is 3.69. The summed E-state index contributed by atoms with van der Waals surface area (Å²) >= 11 is 6.00. The summed E-state index contributed by atoms with van der Waals surface area (Å²) in [6, 6.07) is 10.8. The van der Waals surface area contributed by atoms with E-state index in [-0.39, 0.29) is 13.2 Å². The molecule has 5 rings (SSSR count). The summed E-state index contributed by atoms with van der Waals surface area (Å²) in [5.41, 5.74) is -0.307. The number of anilines is 1. The van der Waals surface area contributed by atoms with Gasteiger partial charge in [0, 0.05) is 22.6 Å². The first-order chi connectivity index (χ1) is 15.8. The molecule has 2 aromatic carbocycles. The van der Waals surface area contributed by atoms with Gasteiger partial charge in [-0.05, 0) is 50.2 Å². The number of hydrogen-bond donors (Lipinski definition) is 0. The Bertz CT molecular complexity index is 1150. The standard InChI is InChI=1S/C24H23ClN2O6/c1-4-32-21(28)19-17-12-33-18-11-15(31-3)9-10-16(18)20(17)27-23(30)26(22(29)24(19,27)2)14-7-5-13(25)6-8-14/h5-11,17,19-20H,4,12H2,1-3H3/t17?,19?,20?,24-/m0/s1. The molecule has 9 heteroatoms. The van der Waals surface area contributed by atoms with Crippen molar-refractivity contribution in [2.24, 2.45) is 11.8 Å². The van der Waals surface area contributed by atoms with E-state index in [0.29, 0.717) is 22.2 Å². The molecule has 8 nitrogen and oxygen atoms in total. The lowest BCUT2D eigenvalue weighted by atomic mass is 9.77. The summed E-state index contributed by atoms with van der Waals surface area (Å²) in [6.07, 6.45) is 0. The number of ether oxygens (including phenoxy) is 3. The van der Waals surface area contributed by atoms with Crippen LogP contribution in [0.4, 0.5) is 10.5 Å². The van der Waals surface area contributed by atoms with E-state index < -0.39 is 41.3 Å². The van der Waals surface area contributed by atoms with Crippen molar-refractivity contribution in [3.05, 3.63) is 53.1 Å². The number of carbonyl (C=O) groups excluding carboxylic acids is 3. The molecular weight excluding hydrogens is 448 g/mol. The summed E-state index contributed by atoms with van der Waals surface area (Å²) < 4.78 is 16.7. The van der Waals surface area contributed by atoms with Crippen molar-refractivity contribution >= 4 is 35.2 Å². The maximum absolute atomic E-state index is 13.8. The van der Waals surface area contributed by atoms with Crippen LogP contribution in [0, 0.1) is 11.8 Å². The SMILES string of the molecule is CCOC(=O)C1C2COc3cc(OC)ccc3C2N2C(=O)N(c3ccc(Cl)cc3)C(=O)[C@]12C. The zero-order chi connectivity index (χ0) is 23.5. The highest BCUT2D eigenvalue weighted by atomic mass is 35.5. The molecule has 3 amide bonds. The molecule has 0 aromatic heterocycles. The van der Waals surface area contributed by atoms with Gasteiger partial charge in [-0.1, -0.05) is 11.6 Å². The average molecular weight is 471 g/mol. The number of imide groups is 1. The van der Waals surface area contributed by atoms with E-state index in [1.807, 2.05) is 6.07 Å². The highest BCUT2D eigenvalue weighted by molar-refractivity contribution is 6.31. The van der Waals surface area contributed by atoms with Crippen LogP contribution < -0.4 is 14.4 Å². The minimum Gasteiger partial charge on any atom is -0.497 e. The molecule has 2 fully saturated rings. The topological polar surface area (TPSA) is 85.4 Å². The van der Waals surface area contributed by atoms with Crippen LogP contribution in [0.2, 0.25) is 5.02 Å². The van der Waals surface area contributed by atoms with Crippen LogP contribution >= 0.6 is 11.6 Å². The van der Waals surface area contributed by atoms with Crippen molar-refractivity contribution in [3.63, 3.8) is 0 Å². The second kappa shape index (κ2) is 7.66. The largest absolute Gasteiger partial charge is 0.497 e. The Morgan fingerprint density at radius 3 is 2.61 bits per heavy atom. The van der Waals surface area contributed by atoms with Crippen LogP contribution in [0.1, 0.15) is 25.5 Å². The van der Waals surface area contributed by atoms with Gasteiger partial charge in [0.05, 0.1) is 38.0 Å². The Kier molecular flexibility index (Phi) is 5.01. The molecule has 3 aliphatic heterocycles. The van der Waals surface area contributed by atoms with Crippen LogP contribution in [0.15, 0.2) is 42.5 Å². The first-order valence-electron chi connectivity index (χ1n) is 10.7. The molecule has 0 spiro atoms. The molecule has 0 radical (unpaired) electrons. The maximum Gasteiger partial charge on any atom is 0.332 e. The third-order valence-corrected chi connectivity index (χ3v) is 7.10. The zero-order valence-corrected chi connectivity index (χ0v) is 19.2. The molecule has 0 saturated carbocycles. The lowest BCUT2D eigenvalue weighted by Gasteiger charge is -2.34. The number of nitrogens with zero attached hydrogens (tertiary/aromatic N) is 2. The van der Waals surface area contributed by atoms with Crippen LogP contribution in [-0.2, 0) is 14.3 Å². The summed E-state index contributed by atoms with van der Waals surface area (Å²) in [5.74, 6) is -1.13. The number of esters is 1. The fourth-order valence-electron chi connectivity index (χ4n) is 5.41. The fraction of sp³-hybridized carbons (Fsp3) is 0.375. The number of rotatable bonds is 4. The second-order valence-electron chi connectivity index (χ2n) is 8.47. The lowest BCUT2D eigenvalue weighted by molar-refractivity contribution is -0.154. The Labute approximate surface area is 195 Å². The van der Waals surface area contributed by atoms with E-state index in [4.69, 9.17) is 25.8 Å². The van der Waals surface area contributed by atoms with Crippen LogP contribution in [0.5, 0.6) is 11.5 Å². The number of carbonyl (C=O) groups is 3. The van der Waals surface area contributed by atoms with E-state index in [1.165, 1.54) is 4.90 Å². The van der Waals surface area contributed by atoms with Gasteiger partial charge in [0.25, 0.3) is 5.91 Å². The van der Waals surface area contributed by atoms with Gasteiger partial charge < -0.3 is 19.1 Å². The predicted molar refractivity (Wildman–Crippen MR) is 119 cm³/mol. The smallest absolute Gasteiger partial charge is 0.332 e. The third kappa shape index (κ3) is 2.93. The monoisotopic (exact) mass is 470 g/mol. The Balaban J connectivity index is 1.66. The van der Waals surface area contributed by atoms with Crippen molar-refractivity contribution in [2.45, 2.75) is 25.4 Å². The molecular formula is C24H23ClN2O6. The molecule has 3 heterocycles. The maximum atomic E-state index is 13.8. The van der Waals surface area contributed by atoms with E-state index in [1.54, 1.807) is 57.4 Å². The van der Waals surface area contributed by atoms with E-state index >= 15 is 0 Å². The lowest BCUT2D eigenvalue weighted by Crippen LogP contribution is -2.51. The summed E-state index contributed by atoms with van der Waals surface area (Å²) in [5, 5.41) is 0.487. The van der Waals surface area contributed by atoms with Gasteiger partial charge in [-0.2, -0.15) is 0 Å². The Morgan fingerprint density at radius 1 is 1.21 bits per heavy atom. The molecule has 33 heavy (non-hydrogen) atoms. The van der Waals surface area contributed by atoms with Gasteiger partial charge in [0.15, 0.2) is 0 Å². The molecule has 4 atom stereocenters. The molecule has 172 valence electrons. The van der Waals surface area contributed by atoms with E-state index in [9.17, 15) is 14.4 Å². The van der Waals surface area contributed by atoms with Crippen molar-refractivity contribution in [1.29, 1.82) is 0 Å². The summed E-state index contributed by atoms with van der Waals surface area (Å²) in [7, 11) is 1.56. The highest BCUT2D eigenvalue weighted by Gasteiger charge is 2.72. The van der Waals surface area contributed by atoms with E-state index in [0.717, 1.165) is 10.5 Å². The molecule has 3 aliphatic rings. The molecule has 0 bridgehead atoms. The number of halogens is 1. The number of urea groups is 1. The quantitative estimate of drug-likeness (QED) is 0.499. The fourth-order valence-corrected chi connectivity index (χ4v) is 5.54. The predicted octanol–water partition coefficient (Wildman–Crippen LogP) is 3.82. The number of fused-ring (bicyclic) bond motifs is 5. The van der Waals surface area contributed by atoms with Crippen molar-refractivity contribution in [2.75, 3.05) is 25.2 Å². The number of benzene rings is 2. The minimum atomic E-state index is -1.43. The average Bonchev–Trinajstić information content (AvgIpc) is 3.19. The minimum absolute atomic E-state index is 0.167. The van der Waals surface area contributed by atoms with Crippen LogP contribution in [0.3, 0.4) is 0 Å². The zero-order valence-electron chi connectivity index (χ0n) is 18.4. The third-order valence-electron chi connectivity index (χ3n) is 6.85. The molecule has 3 unspecified atom stereocenters. The normalized spacial score (nSPS) is 27.6. The first kappa shape index (κ1) is 21.6. The number of methoxy groups -OCH3 is 1.